The Balaban J connectivity index is 1.70. The van der Waals surface area contributed by atoms with Gasteiger partial charge >= 0.3 is 0 Å². The van der Waals surface area contributed by atoms with Crippen LogP contribution in [0, 0.1) is 6.92 Å². The minimum absolute atomic E-state index is 0.0801. The quantitative estimate of drug-likeness (QED) is 0.165. The van der Waals surface area contributed by atoms with E-state index >= 15 is 0 Å². The molecule has 4 aromatic rings. The Bertz CT molecular complexity index is 1560. The number of hydrogen-bond acceptors (Lipinski definition) is 5. The van der Waals surface area contributed by atoms with Crippen molar-refractivity contribution >= 4 is 34.7 Å². The van der Waals surface area contributed by atoms with E-state index in [1.807, 2.05) is 55.5 Å². The zero-order valence-corrected chi connectivity index (χ0v) is 21.5. The molecule has 1 atom stereocenters. The number of nitrogens with zero attached hydrogens (tertiary/aromatic N) is 1. The summed E-state index contributed by atoms with van der Waals surface area (Å²) >= 11 is 6.41. The molecule has 6 nitrogen and oxygen atoms in total. The summed E-state index contributed by atoms with van der Waals surface area (Å²) in [5.74, 6) is -0.359. The van der Waals surface area contributed by atoms with Crippen LogP contribution in [0.1, 0.15) is 22.7 Å². The monoisotopic (exact) mass is 525 g/mol. The van der Waals surface area contributed by atoms with Gasteiger partial charge in [-0.15, -0.1) is 0 Å². The third kappa shape index (κ3) is 4.74. The average molecular weight is 526 g/mol. The van der Waals surface area contributed by atoms with Crippen LogP contribution in [0.25, 0.3) is 5.76 Å². The number of aliphatic hydroxyl groups excluding tert-OH is 1. The van der Waals surface area contributed by atoms with Crippen LogP contribution in [-0.2, 0) is 9.59 Å². The van der Waals surface area contributed by atoms with Crippen LogP contribution < -0.4 is 14.4 Å². The number of methoxy groups -OCH3 is 1. The number of aryl methyl sites for hydroxylation is 1. The van der Waals surface area contributed by atoms with Gasteiger partial charge in [0, 0.05) is 11.3 Å². The van der Waals surface area contributed by atoms with Crippen molar-refractivity contribution in [3.63, 3.8) is 0 Å². The first-order valence-corrected chi connectivity index (χ1v) is 12.3. The lowest BCUT2D eigenvalue weighted by Crippen LogP contribution is -2.29. The SMILES string of the molecule is COc1ccc(Cl)c(/C(O)=C2\C(=O)C(=O)N(c3cccc(C)c3)C2c2cccc(Oc3ccccc3)c2)c1. The third-order valence-corrected chi connectivity index (χ3v) is 6.64. The number of rotatable bonds is 6. The second-order valence-electron chi connectivity index (χ2n) is 8.84. The fraction of sp³-hybridized carbons (Fsp3) is 0.0968. The second-order valence-corrected chi connectivity index (χ2v) is 9.25. The fourth-order valence-corrected chi connectivity index (χ4v) is 4.73. The number of carbonyl (C=O) groups excluding carboxylic acids is 2. The van der Waals surface area contributed by atoms with E-state index in [2.05, 4.69) is 0 Å². The lowest BCUT2D eigenvalue weighted by Gasteiger charge is -2.26. The highest BCUT2D eigenvalue weighted by molar-refractivity contribution is 6.52. The van der Waals surface area contributed by atoms with Gasteiger partial charge in [0.05, 0.1) is 23.7 Å². The highest BCUT2D eigenvalue weighted by Gasteiger charge is 2.47. The maximum Gasteiger partial charge on any atom is 0.300 e. The molecule has 1 heterocycles. The maximum absolute atomic E-state index is 13.5. The molecule has 5 rings (SSSR count). The van der Waals surface area contributed by atoms with Crippen molar-refractivity contribution in [2.24, 2.45) is 0 Å². The summed E-state index contributed by atoms with van der Waals surface area (Å²) in [4.78, 5) is 28.4. The van der Waals surface area contributed by atoms with Crippen LogP contribution in [0.15, 0.2) is 103 Å². The molecule has 0 spiro atoms. The standard InChI is InChI=1S/C31H24ClNO5/c1-19-8-6-10-21(16-19)33-28(20-9-7-13-24(17-20)38-22-11-4-3-5-12-22)27(30(35)31(33)36)29(34)25-18-23(37-2)14-15-26(25)32/h3-18,28,34H,1-2H3/b29-27+. The van der Waals surface area contributed by atoms with Crippen molar-refractivity contribution in [1.29, 1.82) is 0 Å². The van der Waals surface area contributed by atoms with Gasteiger partial charge < -0.3 is 14.6 Å². The molecule has 1 aliphatic rings. The highest BCUT2D eigenvalue weighted by Crippen LogP contribution is 2.44. The first-order valence-electron chi connectivity index (χ1n) is 11.9. The second kappa shape index (κ2) is 10.4. The molecular weight excluding hydrogens is 502 g/mol. The Kier molecular flexibility index (Phi) is 6.90. The van der Waals surface area contributed by atoms with Gasteiger partial charge in [-0.2, -0.15) is 0 Å². The molecule has 0 radical (unpaired) electrons. The molecule has 1 saturated heterocycles. The van der Waals surface area contributed by atoms with E-state index in [-0.39, 0.29) is 21.9 Å². The number of amides is 1. The number of halogens is 1. The number of hydrogen-bond donors (Lipinski definition) is 1. The molecule has 1 unspecified atom stereocenters. The molecule has 7 heteroatoms. The molecule has 190 valence electrons. The van der Waals surface area contributed by atoms with Crippen LogP contribution in [0.4, 0.5) is 5.69 Å². The highest BCUT2D eigenvalue weighted by atomic mass is 35.5. The lowest BCUT2D eigenvalue weighted by molar-refractivity contribution is -0.132. The molecule has 1 amide bonds. The maximum atomic E-state index is 13.5. The molecule has 0 aliphatic carbocycles. The number of aliphatic hydroxyl groups is 1. The number of carbonyl (C=O) groups is 2. The Labute approximate surface area is 225 Å². The van der Waals surface area contributed by atoms with E-state index in [1.165, 1.54) is 18.1 Å². The van der Waals surface area contributed by atoms with Crippen LogP contribution in [0.5, 0.6) is 17.2 Å². The fourth-order valence-electron chi connectivity index (χ4n) is 4.52. The normalized spacial score (nSPS) is 16.5. The summed E-state index contributed by atoms with van der Waals surface area (Å²) in [6.07, 6.45) is 0. The summed E-state index contributed by atoms with van der Waals surface area (Å²) in [6, 6.07) is 27.5. The molecule has 1 fully saturated rings. The van der Waals surface area contributed by atoms with Crippen molar-refractivity contribution < 1.29 is 24.2 Å². The van der Waals surface area contributed by atoms with Crippen LogP contribution in [0.3, 0.4) is 0 Å². The van der Waals surface area contributed by atoms with E-state index in [0.29, 0.717) is 28.5 Å². The van der Waals surface area contributed by atoms with Gasteiger partial charge in [0.15, 0.2) is 0 Å². The largest absolute Gasteiger partial charge is 0.507 e. The Hall–Kier alpha value is -4.55. The van der Waals surface area contributed by atoms with Gasteiger partial charge in [0.25, 0.3) is 11.7 Å². The van der Waals surface area contributed by atoms with Gasteiger partial charge in [0.2, 0.25) is 0 Å². The molecule has 1 aliphatic heterocycles. The Morgan fingerprint density at radius 3 is 2.32 bits per heavy atom. The minimum Gasteiger partial charge on any atom is -0.507 e. The summed E-state index contributed by atoms with van der Waals surface area (Å²) in [7, 11) is 1.49. The van der Waals surface area contributed by atoms with E-state index in [1.54, 1.807) is 42.5 Å². The van der Waals surface area contributed by atoms with Crippen molar-refractivity contribution in [2.75, 3.05) is 12.0 Å². The average Bonchev–Trinajstić information content (AvgIpc) is 3.19. The van der Waals surface area contributed by atoms with Crippen molar-refractivity contribution in [3.8, 4) is 17.2 Å². The van der Waals surface area contributed by atoms with E-state index < -0.39 is 17.7 Å². The Morgan fingerprint density at radius 2 is 1.58 bits per heavy atom. The topological polar surface area (TPSA) is 76.1 Å². The van der Waals surface area contributed by atoms with Gasteiger partial charge in [-0.3, -0.25) is 14.5 Å². The number of ketones is 1. The van der Waals surface area contributed by atoms with Gasteiger partial charge in [-0.1, -0.05) is 54.1 Å². The van der Waals surface area contributed by atoms with Gasteiger partial charge in [-0.25, -0.2) is 0 Å². The first kappa shape index (κ1) is 25.1. The number of ether oxygens (including phenoxy) is 2. The smallest absolute Gasteiger partial charge is 0.300 e. The summed E-state index contributed by atoms with van der Waals surface area (Å²) in [5, 5.41) is 11.7. The molecular formula is C31H24ClNO5. The molecule has 0 bridgehead atoms. The summed E-state index contributed by atoms with van der Waals surface area (Å²) in [5.41, 5.74) is 2.14. The number of Topliss-reactive ketones (excluding diaryl/α,β-unsaturated/α-hetero) is 1. The van der Waals surface area contributed by atoms with Crippen molar-refractivity contribution in [1.82, 2.24) is 0 Å². The van der Waals surface area contributed by atoms with Crippen LogP contribution >= 0.6 is 11.6 Å². The van der Waals surface area contributed by atoms with Crippen molar-refractivity contribution in [3.05, 3.63) is 124 Å². The minimum atomic E-state index is -0.932. The third-order valence-electron chi connectivity index (χ3n) is 6.31. The molecule has 0 saturated carbocycles. The number of para-hydroxylation sites is 1. The zero-order valence-electron chi connectivity index (χ0n) is 20.7. The van der Waals surface area contributed by atoms with Crippen molar-refractivity contribution in [2.45, 2.75) is 13.0 Å². The number of benzene rings is 4. The summed E-state index contributed by atoms with van der Waals surface area (Å²) in [6.45, 7) is 1.90. The molecule has 1 N–H and O–H groups in total. The Morgan fingerprint density at radius 1 is 0.842 bits per heavy atom. The van der Waals surface area contributed by atoms with Crippen LogP contribution in [0.2, 0.25) is 5.02 Å². The number of anilines is 1. The molecule has 38 heavy (non-hydrogen) atoms. The first-order chi connectivity index (χ1) is 18.4. The van der Waals surface area contributed by atoms with E-state index in [4.69, 9.17) is 21.1 Å². The predicted molar refractivity (Wildman–Crippen MR) is 147 cm³/mol. The van der Waals surface area contributed by atoms with E-state index in [9.17, 15) is 14.7 Å². The predicted octanol–water partition coefficient (Wildman–Crippen LogP) is 7.08. The van der Waals surface area contributed by atoms with Gasteiger partial charge in [0.1, 0.15) is 23.0 Å². The zero-order chi connectivity index (χ0) is 26.8. The van der Waals surface area contributed by atoms with E-state index in [0.717, 1.165) is 5.56 Å². The molecule has 0 aromatic heterocycles. The van der Waals surface area contributed by atoms with Crippen LogP contribution in [-0.4, -0.2) is 23.9 Å². The molecule has 4 aromatic carbocycles. The summed E-state index contributed by atoms with van der Waals surface area (Å²) < 4.78 is 11.3. The lowest BCUT2D eigenvalue weighted by atomic mass is 9.94. The van der Waals surface area contributed by atoms with Gasteiger partial charge in [-0.05, 0) is 72.6 Å².